The Morgan fingerprint density at radius 1 is 1.35 bits per heavy atom. The van der Waals surface area contributed by atoms with Gasteiger partial charge >= 0.3 is 0 Å². The van der Waals surface area contributed by atoms with Crippen molar-refractivity contribution >= 4 is 22.3 Å². The summed E-state index contributed by atoms with van der Waals surface area (Å²) < 4.78 is 5.48. The van der Waals surface area contributed by atoms with Crippen LogP contribution in [0.2, 0.25) is 0 Å². The SMILES string of the molecule is Nc1ccc2[nH]c(=O)c3c(c2c1)NCCCO3. The second kappa shape index (κ2) is 3.69. The van der Waals surface area contributed by atoms with Crippen LogP contribution in [0.3, 0.4) is 0 Å². The van der Waals surface area contributed by atoms with Gasteiger partial charge in [0, 0.05) is 17.6 Å². The maximum atomic E-state index is 11.9. The Bertz CT molecular complexity index is 633. The minimum absolute atomic E-state index is 0.202. The fraction of sp³-hybridized carbons (Fsp3) is 0.250. The van der Waals surface area contributed by atoms with E-state index >= 15 is 0 Å². The van der Waals surface area contributed by atoms with Crippen molar-refractivity contribution in [2.45, 2.75) is 6.42 Å². The average molecular weight is 231 g/mol. The smallest absolute Gasteiger partial charge is 0.292 e. The number of nitrogens with two attached hydrogens (primary N) is 1. The van der Waals surface area contributed by atoms with Gasteiger partial charge in [0.2, 0.25) is 5.75 Å². The van der Waals surface area contributed by atoms with Gasteiger partial charge in [-0.15, -0.1) is 0 Å². The molecule has 0 fully saturated rings. The lowest BCUT2D eigenvalue weighted by Gasteiger charge is -2.10. The molecule has 1 aliphatic rings. The molecule has 0 atom stereocenters. The van der Waals surface area contributed by atoms with E-state index in [2.05, 4.69) is 10.3 Å². The number of aromatic nitrogens is 1. The maximum absolute atomic E-state index is 11.9. The molecule has 0 radical (unpaired) electrons. The number of rotatable bonds is 0. The van der Waals surface area contributed by atoms with Gasteiger partial charge in [0.25, 0.3) is 5.56 Å². The third-order valence-electron chi connectivity index (χ3n) is 2.86. The molecule has 1 aromatic heterocycles. The number of hydrogen-bond acceptors (Lipinski definition) is 4. The summed E-state index contributed by atoms with van der Waals surface area (Å²) in [6.45, 7) is 1.34. The van der Waals surface area contributed by atoms with Crippen molar-refractivity contribution in [3.8, 4) is 5.75 Å². The molecule has 1 aromatic carbocycles. The summed E-state index contributed by atoms with van der Waals surface area (Å²) in [5.41, 5.74) is 7.74. The summed E-state index contributed by atoms with van der Waals surface area (Å²) in [4.78, 5) is 14.7. The molecule has 1 aliphatic heterocycles. The van der Waals surface area contributed by atoms with Crippen molar-refractivity contribution in [2.24, 2.45) is 0 Å². The zero-order valence-corrected chi connectivity index (χ0v) is 9.25. The van der Waals surface area contributed by atoms with Crippen LogP contribution in [0.1, 0.15) is 6.42 Å². The lowest BCUT2D eigenvalue weighted by Crippen LogP contribution is -2.12. The van der Waals surface area contributed by atoms with Crippen molar-refractivity contribution in [1.29, 1.82) is 0 Å². The second-order valence-electron chi connectivity index (χ2n) is 4.09. The highest BCUT2D eigenvalue weighted by Gasteiger charge is 2.16. The molecule has 0 saturated heterocycles. The highest BCUT2D eigenvalue weighted by molar-refractivity contribution is 5.96. The first-order valence-electron chi connectivity index (χ1n) is 5.58. The standard InChI is InChI=1S/C12H13N3O2/c13-7-2-3-9-8(6-7)10-11(12(16)15-9)17-5-1-4-14-10/h2-3,6,14H,1,4-5,13H2,(H,15,16). The van der Waals surface area contributed by atoms with Gasteiger partial charge in [0.1, 0.15) is 0 Å². The molecule has 0 aliphatic carbocycles. The number of benzene rings is 1. The molecule has 88 valence electrons. The van der Waals surface area contributed by atoms with Gasteiger partial charge in [-0.05, 0) is 24.6 Å². The van der Waals surface area contributed by atoms with Crippen LogP contribution in [0.4, 0.5) is 11.4 Å². The van der Waals surface area contributed by atoms with Crippen molar-refractivity contribution in [1.82, 2.24) is 4.98 Å². The molecule has 2 heterocycles. The van der Waals surface area contributed by atoms with Crippen molar-refractivity contribution in [2.75, 3.05) is 24.2 Å². The van der Waals surface area contributed by atoms with Gasteiger partial charge in [-0.25, -0.2) is 0 Å². The third kappa shape index (κ3) is 1.60. The van der Waals surface area contributed by atoms with Gasteiger partial charge in [-0.2, -0.15) is 0 Å². The monoisotopic (exact) mass is 231 g/mol. The molecule has 2 aromatic rings. The molecule has 0 saturated carbocycles. The predicted octanol–water partition coefficient (Wildman–Crippen LogP) is 1.30. The Morgan fingerprint density at radius 2 is 2.24 bits per heavy atom. The summed E-state index contributed by atoms with van der Waals surface area (Å²) in [5.74, 6) is 0.362. The number of nitrogens with one attached hydrogen (secondary N) is 2. The van der Waals surface area contributed by atoms with Crippen LogP contribution in [0.25, 0.3) is 10.9 Å². The highest BCUT2D eigenvalue weighted by atomic mass is 16.5. The summed E-state index contributed by atoms with van der Waals surface area (Å²) in [7, 11) is 0. The number of aromatic amines is 1. The van der Waals surface area contributed by atoms with Gasteiger partial charge in [-0.3, -0.25) is 4.79 Å². The Morgan fingerprint density at radius 3 is 3.12 bits per heavy atom. The summed E-state index contributed by atoms with van der Waals surface area (Å²) in [5, 5.41) is 4.13. The van der Waals surface area contributed by atoms with E-state index in [1.165, 1.54) is 0 Å². The zero-order chi connectivity index (χ0) is 11.8. The highest BCUT2D eigenvalue weighted by Crippen LogP contribution is 2.31. The van der Waals surface area contributed by atoms with Crippen LogP contribution < -0.4 is 21.3 Å². The quantitative estimate of drug-likeness (QED) is 0.597. The molecular weight excluding hydrogens is 218 g/mol. The van der Waals surface area contributed by atoms with Crippen LogP contribution in [-0.4, -0.2) is 18.1 Å². The van der Waals surface area contributed by atoms with E-state index in [0.717, 1.165) is 29.6 Å². The molecule has 0 amide bonds. The van der Waals surface area contributed by atoms with Crippen LogP contribution >= 0.6 is 0 Å². The summed E-state index contributed by atoms with van der Waals surface area (Å²) in [6, 6.07) is 5.41. The Labute approximate surface area is 97.6 Å². The lowest BCUT2D eigenvalue weighted by atomic mass is 10.1. The molecule has 5 heteroatoms. The van der Waals surface area contributed by atoms with E-state index in [1.807, 2.05) is 6.07 Å². The fourth-order valence-electron chi connectivity index (χ4n) is 2.07. The van der Waals surface area contributed by atoms with E-state index in [-0.39, 0.29) is 5.56 Å². The molecular formula is C12H13N3O2. The first-order chi connectivity index (χ1) is 8.25. The Kier molecular flexibility index (Phi) is 2.18. The molecule has 17 heavy (non-hydrogen) atoms. The van der Waals surface area contributed by atoms with Crippen LogP contribution in [0.15, 0.2) is 23.0 Å². The lowest BCUT2D eigenvalue weighted by molar-refractivity contribution is 0.319. The normalized spacial score (nSPS) is 14.6. The second-order valence-corrected chi connectivity index (χ2v) is 4.09. The Balaban J connectivity index is 2.38. The topological polar surface area (TPSA) is 80.1 Å². The molecule has 0 bridgehead atoms. The van der Waals surface area contributed by atoms with Gasteiger partial charge in [0.05, 0.1) is 17.8 Å². The van der Waals surface area contributed by atoms with E-state index in [9.17, 15) is 4.79 Å². The van der Waals surface area contributed by atoms with Gasteiger partial charge in [0.15, 0.2) is 0 Å². The van der Waals surface area contributed by atoms with E-state index in [0.29, 0.717) is 18.0 Å². The van der Waals surface area contributed by atoms with Gasteiger partial charge < -0.3 is 20.8 Å². The fourth-order valence-corrected chi connectivity index (χ4v) is 2.07. The summed E-state index contributed by atoms with van der Waals surface area (Å²) >= 11 is 0. The van der Waals surface area contributed by atoms with Crippen molar-refractivity contribution in [3.63, 3.8) is 0 Å². The zero-order valence-electron chi connectivity index (χ0n) is 9.25. The summed E-state index contributed by atoms with van der Waals surface area (Å²) in [6.07, 6.45) is 0.873. The minimum atomic E-state index is -0.202. The van der Waals surface area contributed by atoms with Crippen molar-refractivity contribution < 1.29 is 4.74 Å². The third-order valence-corrected chi connectivity index (χ3v) is 2.86. The Hall–Kier alpha value is -2.17. The first-order valence-corrected chi connectivity index (χ1v) is 5.58. The van der Waals surface area contributed by atoms with E-state index < -0.39 is 0 Å². The first kappa shape index (κ1) is 10.0. The van der Waals surface area contributed by atoms with Crippen LogP contribution in [-0.2, 0) is 0 Å². The van der Waals surface area contributed by atoms with E-state index in [4.69, 9.17) is 10.5 Å². The largest absolute Gasteiger partial charge is 0.486 e. The average Bonchev–Trinajstić information content (AvgIpc) is 2.56. The molecule has 5 nitrogen and oxygen atoms in total. The number of anilines is 2. The van der Waals surface area contributed by atoms with Gasteiger partial charge in [-0.1, -0.05) is 0 Å². The molecule has 0 spiro atoms. The number of ether oxygens (including phenoxy) is 1. The molecule has 0 unspecified atom stereocenters. The van der Waals surface area contributed by atoms with Crippen molar-refractivity contribution in [3.05, 3.63) is 28.6 Å². The number of hydrogen-bond donors (Lipinski definition) is 3. The number of fused-ring (bicyclic) bond motifs is 3. The number of nitrogen functional groups attached to an aromatic ring is 1. The number of H-pyrrole nitrogens is 1. The predicted molar refractivity (Wildman–Crippen MR) is 67.6 cm³/mol. The van der Waals surface area contributed by atoms with E-state index in [1.54, 1.807) is 12.1 Å². The van der Waals surface area contributed by atoms with Crippen LogP contribution in [0.5, 0.6) is 5.75 Å². The maximum Gasteiger partial charge on any atom is 0.292 e. The molecule has 4 N–H and O–H groups in total. The minimum Gasteiger partial charge on any atom is -0.486 e. The number of pyridine rings is 1. The molecule has 3 rings (SSSR count). The van der Waals surface area contributed by atoms with Crippen LogP contribution in [0, 0.1) is 0 Å².